The van der Waals surface area contributed by atoms with Gasteiger partial charge >= 0.3 is 0 Å². The van der Waals surface area contributed by atoms with Gasteiger partial charge in [0, 0.05) is 12.6 Å². The van der Waals surface area contributed by atoms with Gasteiger partial charge in [-0.25, -0.2) is 0 Å². The van der Waals surface area contributed by atoms with Gasteiger partial charge in [0.05, 0.1) is 5.69 Å². The van der Waals surface area contributed by atoms with Crippen LogP contribution in [0.15, 0.2) is 16.5 Å². The highest BCUT2D eigenvalue weighted by atomic mass is 16.4. The maximum absolute atomic E-state index is 5.73. The topological polar surface area (TPSA) is 38.1 Å². The summed E-state index contributed by atoms with van der Waals surface area (Å²) < 4.78 is 5.73. The number of benzene rings is 1. The van der Waals surface area contributed by atoms with E-state index in [0.29, 0.717) is 6.01 Å². The van der Waals surface area contributed by atoms with Crippen LogP contribution in [-0.2, 0) is 0 Å². The number of aryl methyl sites for hydroxylation is 4. The van der Waals surface area contributed by atoms with Crippen LogP contribution in [0.2, 0.25) is 0 Å². The van der Waals surface area contributed by atoms with Gasteiger partial charge in [-0.05, 0) is 38.8 Å². The Bertz CT molecular complexity index is 532. The summed E-state index contributed by atoms with van der Waals surface area (Å²) in [4.78, 5) is 4.33. The average Bonchev–Trinajstić information content (AvgIpc) is 2.59. The molecule has 0 saturated heterocycles. The van der Waals surface area contributed by atoms with Gasteiger partial charge in [0.15, 0.2) is 5.76 Å². The molecule has 0 aliphatic carbocycles. The summed E-state index contributed by atoms with van der Waals surface area (Å²) in [6.45, 7) is 8.29. The van der Waals surface area contributed by atoms with Crippen LogP contribution in [0.5, 0.6) is 0 Å². The minimum absolute atomic E-state index is 0.567. The van der Waals surface area contributed by atoms with E-state index in [9.17, 15) is 0 Å². The Hall–Kier alpha value is -1.77. The molecule has 3 nitrogen and oxygen atoms in total. The monoisotopic (exact) mass is 230 g/mol. The third-order valence-electron chi connectivity index (χ3n) is 2.91. The molecule has 0 unspecified atom stereocenters. The number of nitrogens with zero attached hydrogens (tertiary/aromatic N) is 1. The number of anilines is 1. The summed E-state index contributed by atoms with van der Waals surface area (Å²) in [5, 5.41) is 2.93. The third kappa shape index (κ3) is 2.05. The lowest BCUT2D eigenvalue weighted by molar-refractivity contribution is 0.588. The number of rotatable bonds is 2. The van der Waals surface area contributed by atoms with Crippen LogP contribution in [0, 0.1) is 27.7 Å². The molecule has 1 heterocycles. The molecular weight excluding hydrogens is 212 g/mol. The Balaban J connectivity index is 2.63. The smallest absolute Gasteiger partial charge is 0.295 e. The van der Waals surface area contributed by atoms with Crippen LogP contribution >= 0.6 is 0 Å². The second-order valence-electron chi connectivity index (χ2n) is 4.46. The van der Waals surface area contributed by atoms with E-state index in [-0.39, 0.29) is 0 Å². The van der Waals surface area contributed by atoms with Gasteiger partial charge in [0.2, 0.25) is 0 Å². The highest BCUT2D eigenvalue weighted by molar-refractivity contribution is 5.69. The largest absolute Gasteiger partial charge is 0.423 e. The van der Waals surface area contributed by atoms with Crippen molar-refractivity contribution in [2.24, 2.45) is 0 Å². The summed E-state index contributed by atoms with van der Waals surface area (Å²) in [5.41, 5.74) is 5.80. The lowest BCUT2D eigenvalue weighted by Gasteiger charge is -2.09. The van der Waals surface area contributed by atoms with Crippen molar-refractivity contribution in [1.82, 2.24) is 4.98 Å². The molecule has 1 N–H and O–H groups in total. The number of aromatic nitrogens is 1. The Morgan fingerprint density at radius 2 is 1.65 bits per heavy atom. The molecule has 0 aliphatic heterocycles. The molecule has 1 aromatic heterocycles. The van der Waals surface area contributed by atoms with Gasteiger partial charge in [-0.2, -0.15) is 4.98 Å². The zero-order valence-electron chi connectivity index (χ0n) is 11.0. The molecule has 0 spiro atoms. The maximum atomic E-state index is 5.73. The van der Waals surface area contributed by atoms with Gasteiger partial charge < -0.3 is 9.73 Å². The van der Waals surface area contributed by atoms with Crippen LogP contribution in [0.25, 0.3) is 11.3 Å². The van der Waals surface area contributed by atoms with Crippen molar-refractivity contribution >= 4 is 6.01 Å². The van der Waals surface area contributed by atoms with Crippen LogP contribution in [0.1, 0.15) is 22.4 Å². The Labute approximate surface area is 102 Å². The molecule has 17 heavy (non-hydrogen) atoms. The molecule has 2 rings (SSSR count). The maximum Gasteiger partial charge on any atom is 0.295 e. The van der Waals surface area contributed by atoms with Crippen LogP contribution < -0.4 is 5.32 Å². The van der Waals surface area contributed by atoms with E-state index in [0.717, 1.165) is 17.0 Å². The van der Waals surface area contributed by atoms with Crippen LogP contribution in [-0.4, -0.2) is 12.0 Å². The highest BCUT2D eigenvalue weighted by Gasteiger charge is 2.15. The molecule has 3 heteroatoms. The minimum atomic E-state index is 0.567. The van der Waals surface area contributed by atoms with E-state index in [1.165, 1.54) is 16.7 Å². The summed E-state index contributed by atoms with van der Waals surface area (Å²) in [7, 11) is 1.81. The number of oxazole rings is 1. The summed E-state index contributed by atoms with van der Waals surface area (Å²) in [6, 6.07) is 4.91. The first-order chi connectivity index (χ1) is 8.02. The van der Waals surface area contributed by atoms with Gasteiger partial charge in [0.25, 0.3) is 6.01 Å². The molecule has 0 amide bonds. The molecule has 0 aliphatic rings. The standard InChI is InChI=1S/C14H18N2O/c1-8-6-9(2)12(10(3)7-8)13-11(4)16-14(15-5)17-13/h6-7H,1-5H3,(H,15,16). The molecule has 0 atom stereocenters. The quantitative estimate of drug-likeness (QED) is 0.856. The van der Waals surface area contributed by atoms with Crippen LogP contribution in [0.4, 0.5) is 6.01 Å². The predicted octanol–water partition coefficient (Wildman–Crippen LogP) is 3.62. The number of hydrogen-bond donors (Lipinski definition) is 1. The van der Waals surface area contributed by atoms with Crippen molar-refractivity contribution in [2.45, 2.75) is 27.7 Å². The van der Waals surface area contributed by atoms with E-state index in [2.05, 4.69) is 43.2 Å². The fraction of sp³-hybridized carbons (Fsp3) is 0.357. The van der Waals surface area contributed by atoms with Crippen molar-refractivity contribution < 1.29 is 4.42 Å². The van der Waals surface area contributed by atoms with Gasteiger partial charge in [-0.15, -0.1) is 0 Å². The first-order valence-corrected chi connectivity index (χ1v) is 5.76. The number of hydrogen-bond acceptors (Lipinski definition) is 3. The summed E-state index contributed by atoms with van der Waals surface area (Å²) in [5.74, 6) is 0.865. The molecule has 2 aromatic rings. The first-order valence-electron chi connectivity index (χ1n) is 5.76. The molecule has 0 saturated carbocycles. The fourth-order valence-corrected chi connectivity index (χ4v) is 2.27. The Morgan fingerprint density at radius 1 is 1.06 bits per heavy atom. The molecule has 1 aromatic carbocycles. The molecular formula is C14H18N2O. The van der Waals surface area contributed by atoms with E-state index in [4.69, 9.17) is 4.42 Å². The van der Waals surface area contributed by atoms with Crippen molar-refractivity contribution in [3.63, 3.8) is 0 Å². The fourth-order valence-electron chi connectivity index (χ4n) is 2.27. The second kappa shape index (κ2) is 4.24. The lowest BCUT2D eigenvalue weighted by atomic mass is 9.97. The van der Waals surface area contributed by atoms with Crippen molar-refractivity contribution in [1.29, 1.82) is 0 Å². The highest BCUT2D eigenvalue weighted by Crippen LogP contribution is 2.32. The second-order valence-corrected chi connectivity index (χ2v) is 4.46. The molecule has 90 valence electrons. The van der Waals surface area contributed by atoms with Crippen LogP contribution in [0.3, 0.4) is 0 Å². The SMILES string of the molecule is CNc1nc(C)c(-c2c(C)cc(C)cc2C)o1. The molecule has 0 bridgehead atoms. The van der Waals surface area contributed by atoms with Crippen molar-refractivity contribution in [2.75, 3.05) is 12.4 Å². The molecule has 0 radical (unpaired) electrons. The summed E-state index contributed by atoms with van der Waals surface area (Å²) >= 11 is 0. The summed E-state index contributed by atoms with van der Waals surface area (Å²) in [6.07, 6.45) is 0. The van der Waals surface area contributed by atoms with Gasteiger partial charge in [-0.3, -0.25) is 0 Å². The van der Waals surface area contributed by atoms with Gasteiger partial charge in [0.1, 0.15) is 0 Å². The third-order valence-corrected chi connectivity index (χ3v) is 2.91. The van der Waals surface area contributed by atoms with Crippen molar-refractivity contribution in [3.05, 3.63) is 34.5 Å². The van der Waals surface area contributed by atoms with Gasteiger partial charge in [-0.1, -0.05) is 17.7 Å². The predicted molar refractivity (Wildman–Crippen MR) is 70.4 cm³/mol. The first kappa shape index (κ1) is 11.7. The minimum Gasteiger partial charge on any atom is -0.423 e. The van der Waals surface area contributed by atoms with E-state index < -0.39 is 0 Å². The van der Waals surface area contributed by atoms with E-state index in [1.807, 2.05) is 14.0 Å². The normalized spacial score (nSPS) is 10.6. The van der Waals surface area contributed by atoms with E-state index in [1.54, 1.807) is 0 Å². The molecule has 0 fully saturated rings. The average molecular weight is 230 g/mol. The zero-order chi connectivity index (χ0) is 12.6. The zero-order valence-corrected chi connectivity index (χ0v) is 11.0. The Morgan fingerprint density at radius 3 is 2.12 bits per heavy atom. The van der Waals surface area contributed by atoms with E-state index >= 15 is 0 Å². The Kier molecular flexibility index (Phi) is 2.92. The van der Waals surface area contributed by atoms with Crippen molar-refractivity contribution in [3.8, 4) is 11.3 Å². The number of nitrogens with one attached hydrogen (secondary N) is 1. The lowest BCUT2D eigenvalue weighted by Crippen LogP contribution is -1.90.